The van der Waals surface area contributed by atoms with Crippen molar-refractivity contribution < 1.29 is 29.0 Å². The van der Waals surface area contributed by atoms with Crippen molar-refractivity contribution in [3.63, 3.8) is 0 Å². The largest absolute Gasteiger partial charge is 0.493 e. The highest BCUT2D eigenvalue weighted by molar-refractivity contribution is 6.23. The Hall–Kier alpha value is -3.87. The van der Waals surface area contributed by atoms with Crippen LogP contribution in [0.15, 0.2) is 54.6 Å². The Labute approximate surface area is 178 Å². The summed E-state index contributed by atoms with van der Waals surface area (Å²) in [5, 5.41) is 11.2. The Morgan fingerprint density at radius 2 is 1.58 bits per heavy atom. The summed E-state index contributed by atoms with van der Waals surface area (Å²) in [4.78, 5) is 39.2. The van der Waals surface area contributed by atoms with Crippen LogP contribution in [0.4, 0.5) is 0 Å². The second-order valence-electron chi connectivity index (χ2n) is 7.18. The monoisotopic (exact) mass is 419 g/mol. The van der Waals surface area contributed by atoms with Crippen molar-refractivity contribution in [3.8, 4) is 11.5 Å². The smallest absolute Gasteiger partial charge is 0.305 e. The molecule has 4 rings (SSSR count). The number of imide groups is 1. The molecule has 0 aliphatic carbocycles. The van der Waals surface area contributed by atoms with Crippen LogP contribution in [0.5, 0.6) is 11.5 Å². The average molecular weight is 419 g/mol. The zero-order valence-electron chi connectivity index (χ0n) is 17.1. The minimum absolute atomic E-state index is 0.276. The first-order chi connectivity index (χ1) is 14.9. The predicted octanol–water partition coefficient (Wildman–Crippen LogP) is 4.06. The van der Waals surface area contributed by atoms with Crippen molar-refractivity contribution in [2.75, 3.05) is 13.7 Å². The molecule has 1 heterocycles. The van der Waals surface area contributed by atoms with E-state index in [0.717, 1.165) is 15.7 Å². The third-order valence-corrected chi connectivity index (χ3v) is 5.34. The lowest BCUT2D eigenvalue weighted by Gasteiger charge is -2.26. The summed E-state index contributed by atoms with van der Waals surface area (Å²) in [6, 6.07) is 14.7. The number of carbonyl (C=O) groups excluding carboxylic acids is 2. The Balaban J connectivity index is 1.80. The van der Waals surface area contributed by atoms with Gasteiger partial charge in [0.1, 0.15) is 0 Å². The second kappa shape index (κ2) is 8.10. The molecule has 1 aliphatic heterocycles. The van der Waals surface area contributed by atoms with E-state index >= 15 is 0 Å². The van der Waals surface area contributed by atoms with E-state index in [4.69, 9.17) is 9.47 Å². The molecule has 0 radical (unpaired) electrons. The number of aliphatic carboxylic acids is 1. The quantitative estimate of drug-likeness (QED) is 0.581. The summed E-state index contributed by atoms with van der Waals surface area (Å²) in [6.45, 7) is 2.19. The van der Waals surface area contributed by atoms with Gasteiger partial charge in [0.05, 0.1) is 37.3 Å². The molecule has 0 saturated carbocycles. The van der Waals surface area contributed by atoms with Gasteiger partial charge in [-0.3, -0.25) is 19.3 Å². The van der Waals surface area contributed by atoms with Crippen molar-refractivity contribution in [1.29, 1.82) is 0 Å². The van der Waals surface area contributed by atoms with Crippen LogP contribution in [-0.2, 0) is 4.79 Å². The van der Waals surface area contributed by atoms with Crippen molar-refractivity contribution in [2.24, 2.45) is 0 Å². The van der Waals surface area contributed by atoms with Gasteiger partial charge in [-0.1, -0.05) is 30.3 Å². The lowest BCUT2D eigenvalue weighted by molar-refractivity contribution is -0.138. The number of fused-ring (bicyclic) bond motifs is 2. The lowest BCUT2D eigenvalue weighted by Crippen LogP contribution is -2.35. The number of methoxy groups -OCH3 is 1. The average Bonchev–Trinajstić information content (AvgIpc) is 3.00. The highest BCUT2D eigenvalue weighted by Gasteiger charge is 2.41. The number of carboxylic acids is 1. The molecule has 1 N–H and O–H groups in total. The Bertz CT molecular complexity index is 1150. The van der Waals surface area contributed by atoms with Crippen molar-refractivity contribution in [1.82, 2.24) is 4.90 Å². The summed E-state index contributed by atoms with van der Waals surface area (Å²) in [5.74, 6) is -1.24. The number of amides is 2. The first-order valence-electron chi connectivity index (χ1n) is 9.87. The minimum atomic E-state index is -1.12. The summed E-state index contributed by atoms with van der Waals surface area (Å²) in [5.41, 5.74) is 1.03. The topological polar surface area (TPSA) is 93.1 Å². The van der Waals surface area contributed by atoms with Gasteiger partial charge in [-0.2, -0.15) is 0 Å². The van der Waals surface area contributed by atoms with E-state index in [2.05, 4.69) is 0 Å². The maximum absolute atomic E-state index is 13.2. The van der Waals surface area contributed by atoms with Gasteiger partial charge >= 0.3 is 5.97 Å². The Kier molecular flexibility index (Phi) is 5.33. The normalized spacial score (nSPS) is 13.9. The van der Waals surface area contributed by atoms with Crippen molar-refractivity contribution >= 4 is 28.6 Å². The maximum atomic E-state index is 13.2. The van der Waals surface area contributed by atoms with Crippen LogP contribution in [0, 0.1) is 0 Å². The fourth-order valence-electron chi connectivity index (χ4n) is 3.92. The molecular weight excluding hydrogens is 398 g/mol. The van der Waals surface area contributed by atoms with E-state index in [1.54, 1.807) is 30.3 Å². The fraction of sp³-hybridized carbons (Fsp3) is 0.208. The molecule has 1 unspecified atom stereocenters. The number of hydrogen-bond acceptors (Lipinski definition) is 5. The van der Waals surface area contributed by atoms with Crippen LogP contribution in [0.25, 0.3) is 10.8 Å². The summed E-state index contributed by atoms with van der Waals surface area (Å²) in [6.07, 6.45) is -0.428. The van der Waals surface area contributed by atoms with E-state index < -0.39 is 30.2 Å². The zero-order valence-corrected chi connectivity index (χ0v) is 17.1. The molecule has 0 bridgehead atoms. The Morgan fingerprint density at radius 3 is 2.10 bits per heavy atom. The zero-order chi connectivity index (χ0) is 22.1. The molecular formula is C24H21NO6. The van der Waals surface area contributed by atoms with E-state index in [9.17, 15) is 19.5 Å². The molecule has 7 heteroatoms. The second-order valence-corrected chi connectivity index (χ2v) is 7.18. The predicted molar refractivity (Wildman–Crippen MR) is 114 cm³/mol. The molecule has 0 fully saturated rings. The molecule has 2 amide bonds. The number of carbonyl (C=O) groups is 3. The van der Waals surface area contributed by atoms with Gasteiger partial charge < -0.3 is 14.6 Å². The lowest BCUT2D eigenvalue weighted by atomic mass is 10.0. The molecule has 158 valence electrons. The van der Waals surface area contributed by atoms with Gasteiger partial charge in [-0.05, 0) is 47.5 Å². The van der Waals surface area contributed by atoms with Crippen LogP contribution in [0.1, 0.15) is 45.7 Å². The van der Waals surface area contributed by atoms with E-state index in [1.165, 1.54) is 7.11 Å². The third-order valence-electron chi connectivity index (χ3n) is 5.34. The van der Waals surface area contributed by atoms with E-state index in [0.29, 0.717) is 23.7 Å². The highest BCUT2D eigenvalue weighted by atomic mass is 16.5. The van der Waals surface area contributed by atoms with Crippen LogP contribution >= 0.6 is 0 Å². The van der Waals surface area contributed by atoms with E-state index in [1.807, 2.05) is 31.2 Å². The van der Waals surface area contributed by atoms with Gasteiger partial charge in [0.25, 0.3) is 11.8 Å². The molecule has 3 aromatic carbocycles. The molecule has 1 aliphatic rings. The first kappa shape index (κ1) is 20.4. The summed E-state index contributed by atoms with van der Waals surface area (Å²) >= 11 is 0. The summed E-state index contributed by atoms with van der Waals surface area (Å²) < 4.78 is 10.9. The number of hydrogen-bond donors (Lipinski definition) is 1. The molecule has 0 saturated heterocycles. The van der Waals surface area contributed by atoms with Crippen LogP contribution in [0.3, 0.4) is 0 Å². The molecule has 0 spiro atoms. The molecule has 3 aromatic rings. The SMILES string of the molecule is CCOc1cc(C(CC(=O)O)N2C(=O)c3cc4ccccc4cc3C2=O)ccc1OC. The van der Waals surface area contributed by atoms with Gasteiger partial charge in [-0.15, -0.1) is 0 Å². The van der Waals surface area contributed by atoms with Gasteiger partial charge in [-0.25, -0.2) is 0 Å². The van der Waals surface area contributed by atoms with Crippen molar-refractivity contribution in [2.45, 2.75) is 19.4 Å². The molecule has 1 atom stereocenters. The number of rotatable bonds is 7. The van der Waals surface area contributed by atoms with Gasteiger partial charge in [0.2, 0.25) is 0 Å². The van der Waals surface area contributed by atoms with Crippen molar-refractivity contribution in [3.05, 3.63) is 71.3 Å². The number of ether oxygens (including phenoxy) is 2. The number of carboxylic acid groups (broad SMARTS) is 1. The molecule has 0 aromatic heterocycles. The fourth-order valence-corrected chi connectivity index (χ4v) is 3.92. The van der Waals surface area contributed by atoms with Crippen LogP contribution in [-0.4, -0.2) is 41.5 Å². The summed E-state index contributed by atoms with van der Waals surface area (Å²) in [7, 11) is 1.50. The standard InChI is InChI=1S/C24H21NO6/c1-3-31-21-12-16(8-9-20(21)30-2)19(13-22(26)27)25-23(28)17-10-14-6-4-5-7-15(14)11-18(17)24(25)29/h4-12,19H,3,13H2,1-2H3,(H,26,27). The Morgan fingerprint density at radius 1 is 0.968 bits per heavy atom. The minimum Gasteiger partial charge on any atom is -0.493 e. The first-order valence-corrected chi connectivity index (χ1v) is 9.87. The number of benzene rings is 3. The van der Waals surface area contributed by atoms with Crippen LogP contribution in [0.2, 0.25) is 0 Å². The van der Waals surface area contributed by atoms with Gasteiger partial charge in [0.15, 0.2) is 11.5 Å². The van der Waals surface area contributed by atoms with E-state index in [-0.39, 0.29) is 11.1 Å². The van der Waals surface area contributed by atoms with Crippen LogP contribution < -0.4 is 9.47 Å². The maximum Gasteiger partial charge on any atom is 0.305 e. The molecule has 31 heavy (non-hydrogen) atoms. The number of nitrogens with zero attached hydrogens (tertiary/aromatic N) is 1. The third kappa shape index (κ3) is 3.59. The highest BCUT2D eigenvalue weighted by Crippen LogP contribution is 2.38. The van der Waals surface area contributed by atoms with Gasteiger partial charge in [0, 0.05) is 0 Å². The molecule has 7 nitrogen and oxygen atoms in total.